The predicted octanol–water partition coefficient (Wildman–Crippen LogP) is -2.81. The summed E-state index contributed by atoms with van der Waals surface area (Å²) in [4.78, 5) is 150. The van der Waals surface area contributed by atoms with Gasteiger partial charge in [-0.2, -0.15) is 25.3 Å². The smallest absolute Gasteiger partial charge is 0.248 e. The van der Waals surface area contributed by atoms with Gasteiger partial charge in [0.25, 0.3) is 0 Å². The summed E-state index contributed by atoms with van der Waals surface area (Å²) in [7, 11) is 1.44. The number of aromatic nitrogens is 3. The number of aromatic amines is 2. The quantitative estimate of drug-likeness (QED) is 0.00957. The number of rotatable bonds is 35. The van der Waals surface area contributed by atoms with Gasteiger partial charge in [-0.15, -0.1) is 0 Å². The van der Waals surface area contributed by atoms with Crippen LogP contribution in [0.5, 0.6) is 0 Å². The van der Waals surface area contributed by atoms with Crippen molar-refractivity contribution in [2.75, 3.05) is 44.8 Å². The number of carbonyl (C=O) groups is 10. The molecule has 30 heteroatoms. The van der Waals surface area contributed by atoms with Gasteiger partial charge in [-0.05, 0) is 80.9 Å². The number of guanidine groups is 1. The number of likely N-dealkylation sites (N-methyl/N-ethyl adjacent to an activating group) is 1. The first kappa shape index (κ1) is 68.6. The number of fused-ring (bicyclic) bond motifs is 1. The fraction of sp³-hybridized carbons (Fsp3) is 0.500. The highest BCUT2D eigenvalue weighted by atomic mass is 32.1. The second-order valence-corrected chi connectivity index (χ2v) is 21.5. The summed E-state index contributed by atoms with van der Waals surface area (Å²) in [5, 5.41) is 45.4. The molecule has 1 fully saturated rings. The lowest BCUT2D eigenvalue weighted by atomic mass is 10.0. The Hall–Kier alpha value is -8.22. The number of carbonyl (C=O) groups excluding carboxylic acids is 10. The number of thiol groups is 2. The summed E-state index contributed by atoms with van der Waals surface area (Å²) in [6, 6.07) is 4.14. The highest BCUT2D eigenvalue weighted by molar-refractivity contribution is 7.80. The lowest BCUT2D eigenvalue weighted by Gasteiger charge is -2.30. The van der Waals surface area contributed by atoms with Gasteiger partial charge in [0.1, 0.15) is 54.4 Å². The third kappa shape index (κ3) is 21.1. The maximum Gasteiger partial charge on any atom is 0.248 e. The molecule has 18 N–H and O–H groups in total. The summed E-state index contributed by atoms with van der Waals surface area (Å²) >= 11 is 8.57. The van der Waals surface area contributed by atoms with Crippen LogP contribution in [-0.4, -0.2) is 189 Å². The van der Waals surface area contributed by atoms with Crippen molar-refractivity contribution in [2.24, 2.45) is 11.5 Å². The number of aliphatic hydroxyl groups excluding tert-OH is 1. The zero-order chi connectivity index (χ0) is 62.7. The fourth-order valence-corrected chi connectivity index (χ4v) is 10.3. The van der Waals surface area contributed by atoms with E-state index in [9.17, 15) is 53.1 Å². The van der Waals surface area contributed by atoms with Crippen LogP contribution in [-0.2, 0) is 67.2 Å². The van der Waals surface area contributed by atoms with Crippen molar-refractivity contribution < 1.29 is 53.1 Å². The van der Waals surface area contributed by atoms with E-state index in [1.165, 1.54) is 31.4 Å². The molecule has 9 atom stereocenters. The minimum absolute atomic E-state index is 0.0785. The monoisotopic (exact) mass is 1230 g/mol. The molecule has 10 amide bonds. The van der Waals surface area contributed by atoms with Crippen LogP contribution in [0.15, 0.2) is 73.3 Å². The standard InChI is InChI=1S/C56H81N17O11S2/c1-32(75)65-40(19-23-85)49(78)70-43(26-35-28-61-31-64-35)52(81)68-41(24-33-12-4-3-5-13-33)50(79)66-39(17-10-21-62-56(58)59)48(77)69-42(25-34-27-63-37-15-7-6-14-36(34)37)51(80)72-45(30-86)53(82)71-44(29-74)55(84)73-22-11-18-46(73)54(83)67-38(47(76)60-2)16-8-9-20-57/h3-7,12-15,27-28,31,38-46,63,74,85-86H,8-11,16-26,29-30,57H2,1-2H3,(H,60,76)(H,61,64)(H,65,75)(H,66,79)(H,67,83)(H,68,81)(H,69,77)(H,70,78)(H,71,82)(H,72,80)(H4,58,59,62)/t38-,39-,40-,41+,42-,43-,44-,45-,46-/m0/s1. The van der Waals surface area contributed by atoms with Gasteiger partial charge in [0.15, 0.2) is 5.96 Å². The zero-order valence-electron chi connectivity index (χ0n) is 48.1. The van der Waals surface area contributed by atoms with Gasteiger partial charge in [0, 0.05) is 75.4 Å². The van der Waals surface area contributed by atoms with Gasteiger partial charge in [0.05, 0.1) is 18.6 Å². The predicted molar refractivity (Wildman–Crippen MR) is 326 cm³/mol. The summed E-state index contributed by atoms with van der Waals surface area (Å²) in [6.07, 6.45) is 6.41. The van der Waals surface area contributed by atoms with E-state index in [0.717, 1.165) is 0 Å². The second-order valence-electron chi connectivity index (χ2n) is 20.6. The van der Waals surface area contributed by atoms with E-state index in [2.05, 4.69) is 93.4 Å². The number of nitrogens with one attached hydrogen (secondary N) is 13. The Morgan fingerprint density at radius 2 is 1.26 bits per heavy atom. The number of likely N-dealkylation sites (tertiary alicyclic amines) is 1. The molecule has 5 rings (SSSR count). The molecule has 1 aliphatic rings. The van der Waals surface area contributed by atoms with E-state index >= 15 is 0 Å². The molecule has 0 radical (unpaired) electrons. The van der Waals surface area contributed by atoms with Crippen molar-refractivity contribution in [3.63, 3.8) is 0 Å². The normalized spacial score (nSPS) is 15.7. The fourth-order valence-electron chi connectivity index (χ4n) is 9.77. The van der Waals surface area contributed by atoms with Gasteiger partial charge in [-0.1, -0.05) is 48.5 Å². The average Bonchev–Trinajstić information content (AvgIpc) is 4.50. The third-order valence-corrected chi connectivity index (χ3v) is 14.9. The number of benzene rings is 2. The molecule has 86 heavy (non-hydrogen) atoms. The van der Waals surface area contributed by atoms with E-state index in [4.69, 9.17) is 16.9 Å². The number of unbranched alkanes of at least 4 members (excludes halogenated alkanes) is 1. The van der Waals surface area contributed by atoms with E-state index < -0.39 is 120 Å². The molecule has 0 bridgehead atoms. The molecule has 468 valence electrons. The number of nitrogens with zero attached hydrogens (tertiary/aromatic N) is 2. The van der Waals surface area contributed by atoms with Gasteiger partial charge in [-0.25, -0.2) is 4.98 Å². The molecule has 4 aromatic rings. The van der Waals surface area contributed by atoms with Crippen molar-refractivity contribution in [3.05, 3.63) is 90.1 Å². The Kier molecular flexibility index (Phi) is 28.1. The van der Waals surface area contributed by atoms with E-state index in [1.54, 1.807) is 60.8 Å². The van der Waals surface area contributed by atoms with Gasteiger partial charge in [-0.3, -0.25) is 53.4 Å². The number of nitrogens with two attached hydrogens (primary N) is 2. The van der Waals surface area contributed by atoms with Crippen LogP contribution >= 0.6 is 25.3 Å². The van der Waals surface area contributed by atoms with Crippen LogP contribution in [0.1, 0.15) is 75.1 Å². The number of amides is 10. The SMILES string of the molecule is CNC(=O)[C@H](CCCCN)NC(=O)[C@@H]1CCCN1C(=O)[C@H](CO)NC(=O)[C@H](CS)NC(=O)[C@H](Cc1c[nH]c2ccccc12)NC(=O)[C@H](CCCNC(=N)N)NC(=O)[C@@H](Cc1ccccc1)NC(=O)[C@H](Cc1c[nH]cn1)NC(=O)[C@H](CCS)NC(C)=O. The Morgan fingerprint density at radius 3 is 1.86 bits per heavy atom. The number of hydrogen-bond donors (Lipinski definition) is 18. The molecule has 0 unspecified atom stereocenters. The average molecular weight is 1230 g/mol. The molecule has 3 heterocycles. The molecule has 1 saturated heterocycles. The summed E-state index contributed by atoms with van der Waals surface area (Å²) in [5.74, 6) is -7.84. The van der Waals surface area contributed by atoms with Gasteiger partial charge in [0.2, 0.25) is 59.1 Å². The molecule has 0 saturated carbocycles. The van der Waals surface area contributed by atoms with Crippen molar-refractivity contribution in [2.45, 2.75) is 132 Å². The van der Waals surface area contributed by atoms with Crippen LogP contribution < -0.4 is 64.6 Å². The van der Waals surface area contributed by atoms with Crippen molar-refractivity contribution >= 4 is 101 Å². The van der Waals surface area contributed by atoms with Crippen LogP contribution in [0.4, 0.5) is 0 Å². The van der Waals surface area contributed by atoms with Crippen molar-refractivity contribution in [1.82, 2.24) is 73.0 Å². The van der Waals surface area contributed by atoms with Crippen LogP contribution in [0.2, 0.25) is 0 Å². The Bertz CT molecular complexity index is 2940. The highest BCUT2D eigenvalue weighted by Gasteiger charge is 2.40. The molecular formula is C56H81N17O11S2. The van der Waals surface area contributed by atoms with Crippen molar-refractivity contribution in [1.29, 1.82) is 5.41 Å². The third-order valence-electron chi connectivity index (χ3n) is 14.3. The Morgan fingerprint density at radius 1 is 0.686 bits per heavy atom. The lowest BCUT2D eigenvalue weighted by Crippen LogP contribution is -2.61. The molecule has 1 aliphatic heterocycles. The second kappa shape index (κ2) is 35.3. The highest BCUT2D eigenvalue weighted by Crippen LogP contribution is 2.21. The maximum absolute atomic E-state index is 14.8. The topological polar surface area (TPSA) is 435 Å². The minimum Gasteiger partial charge on any atom is -0.394 e. The first-order chi connectivity index (χ1) is 41.3. The van der Waals surface area contributed by atoms with Crippen molar-refractivity contribution in [3.8, 4) is 0 Å². The number of imidazole rings is 1. The first-order valence-electron chi connectivity index (χ1n) is 28.4. The van der Waals surface area contributed by atoms with Crippen LogP contribution in [0.3, 0.4) is 0 Å². The number of aliphatic hydroxyl groups is 1. The van der Waals surface area contributed by atoms with E-state index in [-0.39, 0.29) is 75.5 Å². The molecule has 0 aliphatic carbocycles. The van der Waals surface area contributed by atoms with E-state index in [0.29, 0.717) is 60.0 Å². The molecule has 2 aromatic carbocycles. The number of para-hydroxylation sites is 1. The van der Waals surface area contributed by atoms with Crippen LogP contribution in [0, 0.1) is 5.41 Å². The largest absolute Gasteiger partial charge is 0.394 e. The Balaban J connectivity index is 1.40. The Labute approximate surface area is 508 Å². The lowest BCUT2D eigenvalue weighted by molar-refractivity contribution is -0.143. The summed E-state index contributed by atoms with van der Waals surface area (Å²) in [6.45, 7) is 0.920. The van der Waals surface area contributed by atoms with Crippen LogP contribution in [0.25, 0.3) is 10.9 Å². The molecule has 0 spiro atoms. The summed E-state index contributed by atoms with van der Waals surface area (Å²) < 4.78 is 0. The number of hydrogen-bond acceptors (Lipinski definition) is 16. The molecule has 2 aromatic heterocycles. The maximum atomic E-state index is 14.8. The first-order valence-corrected chi connectivity index (χ1v) is 29.7. The summed E-state index contributed by atoms with van der Waals surface area (Å²) in [5.41, 5.74) is 13.4. The zero-order valence-corrected chi connectivity index (χ0v) is 49.9. The van der Waals surface area contributed by atoms with E-state index in [1.807, 2.05) is 0 Å². The van der Waals surface area contributed by atoms with Gasteiger partial charge >= 0.3 is 0 Å². The number of H-pyrrole nitrogens is 2. The molecular weight excluding hydrogens is 1150 g/mol. The molecule has 28 nitrogen and oxygen atoms in total. The minimum atomic E-state index is -1.58. The van der Waals surface area contributed by atoms with Gasteiger partial charge < -0.3 is 84.6 Å².